The molecule has 1 aromatic heterocycles. The molecule has 6 aromatic rings. The minimum absolute atomic E-state index is 0.0116. The number of benzene rings is 5. The minimum Gasteiger partial charge on any atom is -0.321 e. The van der Waals surface area contributed by atoms with Crippen molar-refractivity contribution in [2.75, 3.05) is 10.6 Å². The summed E-state index contributed by atoms with van der Waals surface area (Å²) in [5, 5.41) is 10.8. The molecule has 0 radical (unpaired) electrons. The predicted molar refractivity (Wildman–Crippen MR) is 207 cm³/mol. The molecule has 0 saturated carbocycles. The number of carbonyl (C=O) groups is 3. The maximum Gasteiger partial charge on any atom is 0.272 e. The third-order valence-electron chi connectivity index (χ3n) is 7.29. The highest BCUT2D eigenvalue weighted by molar-refractivity contribution is 9.10. The molecule has 6 rings (SSSR count). The summed E-state index contributed by atoms with van der Waals surface area (Å²) < 4.78 is 0.972. The molecule has 3 amide bonds. The number of anilines is 2. The van der Waals surface area contributed by atoms with Crippen LogP contribution in [0.1, 0.15) is 26.7 Å². The van der Waals surface area contributed by atoms with Gasteiger partial charge in [-0.3, -0.25) is 14.4 Å². The molecular formula is C39H28BrClN4O3S2. The molecule has 7 nitrogen and oxygen atoms in total. The number of thiazole rings is 1. The lowest BCUT2D eigenvalue weighted by atomic mass is 10.1. The molecule has 0 spiro atoms. The van der Waals surface area contributed by atoms with Crippen LogP contribution in [0.3, 0.4) is 0 Å². The van der Waals surface area contributed by atoms with E-state index in [0.717, 1.165) is 26.2 Å². The zero-order valence-corrected chi connectivity index (χ0v) is 30.2. The monoisotopic (exact) mass is 778 g/mol. The lowest BCUT2D eigenvalue weighted by Crippen LogP contribution is -2.30. The Balaban J connectivity index is 1.21. The minimum atomic E-state index is -0.622. The van der Waals surface area contributed by atoms with Crippen molar-refractivity contribution in [3.05, 3.63) is 171 Å². The maximum absolute atomic E-state index is 13.8. The number of halogens is 2. The summed E-state index contributed by atoms with van der Waals surface area (Å²) in [7, 11) is 0. The Morgan fingerprint density at radius 1 is 0.800 bits per heavy atom. The van der Waals surface area contributed by atoms with Gasteiger partial charge in [0.15, 0.2) is 5.13 Å². The number of carbonyl (C=O) groups excluding carboxylic acids is 3. The van der Waals surface area contributed by atoms with Crippen molar-refractivity contribution < 1.29 is 14.4 Å². The number of hydrogen-bond donors (Lipinski definition) is 3. The molecule has 5 aromatic carbocycles. The van der Waals surface area contributed by atoms with Gasteiger partial charge in [-0.25, -0.2) is 4.98 Å². The largest absolute Gasteiger partial charge is 0.321 e. The van der Waals surface area contributed by atoms with Crippen LogP contribution in [-0.2, 0) is 9.59 Å². The quantitative estimate of drug-likeness (QED) is 0.0898. The lowest BCUT2D eigenvalue weighted by molar-refractivity contribution is -0.116. The van der Waals surface area contributed by atoms with Gasteiger partial charge in [0.05, 0.1) is 5.69 Å². The van der Waals surface area contributed by atoms with Gasteiger partial charge in [-0.2, -0.15) is 0 Å². The van der Waals surface area contributed by atoms with Gasteiger partial charge in [0.25, 0.3) is 11.8 Å². The first kappa shape index (κ1) is 34.8. The Morgan fingerprint density at radius 3 is 2.24 bits per heavy atom. The SMILES string of the molecule is O=C(Nc1cccc(SC(C(=O)Nc2nc(-c3ccc(Br)cc3)cs2)c2ccccc2)c1)/C(=C\c1ccccc1Cl)NC(=O)c1ccccc1. The van der Waals surface area contributed by atoms with Crippen LogP contribution in [0.2, 0.25) is 5.02 Å². The highest BCUT2D eigenvalue weighted by Crippen LogP contribution is 2.38. The first-order chi connectivity index (χ1) is 24.3. The van der Waals surface area contributed by atoms with Crippen LogP contribution >= 0.6 is 50.6 Å². The summed E-state index contributed by atoms with van der Waals surface area (Å²) >= 11 is 12.5. The first-order valence-corrected chi connectivity index (χ1v) is 18.2. The molecule has 1 unspecified atom stereocenters. The van der Waals surface area contributed by atoms with Crippen molar-refractivity contribution in [1.29, 1.82) is 0 Å². The van der Waals surface area contributed by atoms with Gasteiger partial charge in [-0.05, 0) is 65.7 Å². The number of aromatic nitrogens is 1. The highest BCUT2D eigenvalue weighted by atomic mass is 79.9. The van der Waals surface area contributed by atoms with Gasteiger partial charge >= 0.3 is 0 Å². The molecule has 0 aliphatic rings. The van der Waals surface area contributed by atoms with Crippen molar-refractivity contribution in [2.24, 2.45) is 0 Å². The number of nitrogens with one attached hydrogen (secondary N) is 3. The third kappa shape index (κ3) is 9.16. The number of nitrogens with zero attached hydrogens (tertiary/aromatic N) is 1. The van der Waals surface area contributed by atoms with E-state index in [0.29, 0.717) is 27.0 Å². The Bertz CT molecular complexity index is 2160. The van der Waals surface area contributed by atoms with Gasteiger partial charge in [0.1, 0.15) is 10.9 Å². The molecule has 11 heteroatoms. The maximum atomic E-state index is 13.8. The number of rotatable bonds is 11. The fourth-order valence-electron chi connectivity index (χ4n) is 4.83. The van der Waals surface area contributed by atoms with Crippen LogP contribution in [0.4, 0.5) is 10.8 Å². The molecule has 0 fully saturated rings. The molecule has 0 aliphatic heterocycles. The zero-order chi connectivity index (χ0) is 34.9. The van der Waals surface area contributed by atoms with E-state index in [-0.39, 0.29) is 11.6 Å². The van der Waals surface area contributed by atoms with Gasteiger partial charge in [-0.15, -0.1) is 23.1 Å². The number of thioether (sulfide) groups is 1. The van der Waals surface area contributed by atoms with Gasteiger partial charge in [0, 0.05) is 36.6 Å². The number of hydrogen-bond acceptors (Lipinski definition) is 6. The summed E-state index contributed by atoms with van der Waals surface area (Å²) in [4.78, 5) is 45.9. The van der Waals surface area contributed by atoms with Crippen molar-refractivity contribution >= 4 is 85.2 Å². The molecule has 3 N–H and O–H groups in total. The Labute approximate surface area is 311 Å². The smallest absolute Gasteiger partial charge is 0.272 e. The molecule has 1 atom stereocenters. The van der Waals surface area contributed by atoms with Gasteiger partial charge < -0.3 is 16.0 Å². The zero-order valence-electron chi connectivity index (χ0n) is 26.2. The van der Waals surface area contributed by atoms with E-state index in [4.69, 9.17) is 11.6 Å². The molecule has 0 saturated heterocycles. The second-order valence-electron chi connectivity index (χ2n) is 10.8. The fourth-order valence-corrected chi connectivity index (χ4v) is 7.09. The van der Waals surface area contributed by atoms with Gasteiger partial charge in [0.2, 0.25) is 5.91 Å². The van der Waals surface area contributed by atoms with Crippen molar-refractivity contribution in [3.8, 4) is 11.3 Å². The standard InChI is InChI=1S/C39H28BrClN4O3S2/c40-29-20-18-25(19-21-29)34-24-49-39(44-34)45-38(48)35(26-10-3-1-4-11-26)50-31-16-9-15-30(23-31)42-37(47)33(22-28-14-7-8-17-32(28)41)43-36(46)27-12-5-2-6-13-27/h1-24,35H,(H,42,47)(H,43,46)(H,44,45,48)/b33-22+. The summed E-state index contributed by atoms with van der Waals surface area (Å²) in [6, 6.07) is 40.2. The first-order valence-electron chi connectivity index (χ1n) is 15.3. The lowest BCUT2D eigenvalue weighted by Gasteiger charge is -2.17. The average molecular weight is 780 g/mol. The van der Waals surface area contributed by atoms with Crippen molar-refractivity contribution in [3.63, 3.8) is 0 Å². The molecule has 0 bridgehead atoms. The van der Waals surface area contributed by atoms with E-state index in [1.807, 2.05) is 66.0 Å². The summed E-state index contributed by atoms with van der Waals surface area (Å²) in [5.41, 5.74) is 3.98. The highest BCUT2D eigenvalue weighted by Gasteiger charge is 2.24. The molecular weight excluding hydrogens is 752 g/mol. The molecule has 248 valence electrons. The average Bonchev–Trinajstić information content (AvgIpc) is 3.60. The molecule has 1 heterocycles. The second-order valence-corrected chi connectivity index (χ2v) is 14.2. The van der Waals surface area contributed by atoms with E-state index >= 15 is 0 Å². The predicted octanol–water partition coefficient (Wildman–Crippen LogP) is 10.1. The van der Waals surface area contributed by atoms with E-state index in [9.17, 15) is 14.4 Å². The van der Waals surface area contributed by atoms with E-state index in [1.165, 1.54) is 29.2 Å². The van der Waals surface area contributed by atoms with Crippen LogP contribution in [0.5, 0.6) is 0 Å². The van der Waals surface area contributed by atoms with Gasteiger partial charge in [-0.1, -0.05) is 112 Å². The number of amides is 3. The van der Waals surface area contributed by atoms with E-state index < -0.39 is 17.1 Å². The Kier molecular flexibility index (Phi) is 11.6. The van der Waals surface area contributed by atoms with Crippen LogP contribution in [0, 0.1) is 0 Å². The molecule has 50 heavy (non-hydrogen) atoms. The Hall–Kier alpha value is -5.00. The van der Waals surface area contributed by atoms with E-state index in [1.54, 1.807) is 72.8 Å². The summed E-state index contributed by atoms with van der Waals surface area (Å²) in [5.74, 6) is -1.22. The summed E-state index contributed by atoms with van der Waals surface area (Å²) in [6.07, 6.45) is 1.54. The topological polar surface area (TPSA) is 100 Å². The fraction of sp³-hybridized carbons (Fsp3) is 0.0256. The second kappa shape index (κ2) is 16.6. The Morgan fingerprint density at radius 2 is 1.50 bits per heavy atom. The van der Waals surface area contributed by atoms with Crippen LogP contribution in [-0.4, -0.2) is 22.7 Å². The van der Waals surface area contributed by atoms with E-state index in [2.05, 4.69) is 36.9 Å². The van der Waals surface area contributed by atoms with Crippen LogP contribution in [0.25, 0.3) is 17.3 Å². The van der Waals surface area contributed by atoms with Crippen molar-refractivity contribution in [2.45, 2.75) is 10.1 Å². The van der Waals surface area contributed by atoms with Crippen LogP contribution in [0.15, 0.2) is 154 Å². The van der Waals surface area contributed by atoms with Crippen LogP contribution < -0.4 is 16.0 Å². The van der Waals surface area contributed by atoms with Crippen molar-refractivity contribution in [1.82, 2.24) is 10.3 Å². The summed E-state index contributed by atoms with van der Waals surface area (Å²) in [6.45, 7) is 0. The normalized spacial score (nSPS) is 11.8. The molecule has 0 aliphatic carbocycles. The third-order valence-corrected chi connectivity index (χ3v) is 10.2.